The van der Waals surface area contributed by atoms with Crippen molar-refractivity contribution < 1.29 is 9.72 Å². The fraction of sp³-hybridized carbons (Fsp3) is 0.0714. The second kappa shape index (κ2) is 5.75. The Bertz CT molecular complexity index is 686. The van der Waals surface area contributed by atoms with Gasteiger partial charge in [0, 0.05) is 33.2 Å². The number of hydrogen-bond acceptors (Lipinski definition) is 5. The van der Waals surface area contributed by atoms with E-state index >= 15 is 0 Å². The van der Waals surface area contributed by atoms with Crippen molar-refractivity contribution >= 4 is 28.9 Å². The quantitative estimate of drug-likeness (QED) is 0.402. The van der Waals surface area contributed by atoms with E-state index in [9.17, 15) is 14.9 Å². The van der Waals surface area contributed by atoms with Gasteiger partial charge in [0.05, 0.1) is 4.92 Å². The molecule has 0 atom stereocenters. The number of nitrogens with zero attached hydrogens (tertiary/aromatic N) is 1. The Morgan fingerprint density at radius 1 is 1.20 bits per heavy atom. The number of rotatable bonds is 4. The first-order valence-electron chi connectivity index (χ1n) is 5.81. The average molecular weight is 288 g/mol. The predicted octanol–water partition coefficient (Wildman–Crippen LogP) is 3.53. The number of nitrogens with two attached hydrogens (primary N) is 1. The molecule has 0 aliphatic rings. The molecular formula is C14H12N2O3S. The highest BCUT2D eigenvalue weighted by atomic mass is 32.2. The lowest BCUT2D eigenvalue weighted by atomic mass is 10.1. The molecule has 0 saturated heterocycles. The Balaban J connectivity index is 2.44. The van der Waals surface area contributed by atoms with Crippen molar-refractivity contribution in [1.82, 2.24) is 0 Å². The van der Waals surface area contributed by atoms with Crippen molar-refractivity contribution in [2.75, 3.05) is 5.73 Å². The molecule has 20 heavy (non-hydrogen) atoms. The molecule has 0 saturated carbocycles. The normalized spacial score (nSPS) is 10.2. The number of carbonyl (C=O) groups is 1. The molecule has 0 spiro atoms. The number of nitrogen functional groups attached to an aromatic ring is 1. The van der Waals surface area contributed by atoms with Crippen LogP contribution in [0.15, 0.2) is 52.3 Å². The molecule has 2 aromatic carbocycles. The lowest BCUT2D eigenvalue weighted by molar-refractivity contribution is -0.384. The Kier molecular flexibility index (Phi) is 4.05. The molecule has 2 N–H and O–H groups in total. The molecule has 6 heteroatoms. The topological polar surface area (TPSA) is 86.2 Å². The fourth-order valence-corrected chi connectivity index (χ4v) is 2.71. The highest BCUT2D eigenvalue weighted by Gasteiger charge is 2.15. The van der Waals surface area contributed by atoms with Gasteiger partial charge in [-0.2, -0.15) is 0 Å². The van der Waals surface area contributed by atoms with Gasteiger partial charge in [-0.1, -0.05) is 23.9 Å². The summed E-state index contributed by atoms with van der Waals surface area (Å²) >= 11 is 1.32. The Morgan fingerprint density at radius 2 is 1.90 bits per heavy atom. The summed E-state index contributed by atoms with van der Waals surface area (Å²) in [7, 11) is 0. The van der Waals surface area contributed by atoms with Crippen LogP contribution in [0.25, 0.3) is 0 Å². The van der Waals surface area contributed by atoms with E-state index in [-0.39, 0.29) is 11.5 Å². The van der Waals surface area contributed by atoms with Crippen LogP contribution in [0.2, 0.25) is 0 Å². The van der Waals surface area contributed by atoms with Crippen LogP contribution in [0.4, 0.5) is 11.4 Å². The molecule has 5 nitrogen and oxygen atoms in total. The van der Waals surface area contributed by atoms with Crippen LogP contribution < -0.4 is 5.73 Å². The van der Waals surface area contributed by atoms with Crippen LogP contribution >= 0.6 is 11.8 Å². The summed E-state index contributed by atoms with van der Waals surface area (Å²) in [6, 6.07) is 11.5. The first-order chi connectivity index (χ1) is 9.49. The number of para-hydroxylation sites is 1. The maximum atomic E-state index is 11.6. The minimum absolute atomic E-state index is 0.0967. The zero-order valence-corrected chi connectivity index (χ0v) is 11.5. The van der Waals surface area contributed by atoms with Gasteiger partial charge < -0.3 is 5.73 Å². The van der Waals surface area contributed by atoms with Crippen LogP contribution in [0.5, 0.6) is 0 Å². The molecule has 0 fully saturated rings. The van der Waals surface area contributed by atoms with Gasteiger partial charge in [0.25, 0.3) is 5.69 Å². The van der Waals surface area contributed by atoms with Gasteiger partial charge >= 0.3 is 0 Å². The van der Waals surface area contributed by atoms with Gasteiger partial charge in [-0.15, -0.1) is 0 Å². The molecule has 0 amide bonds. The van der Waals surface area contributed by atoms with E-state index in [0.717, 1.165) is 4.90 Å². The third-order valence-corrected chi connectivity index (χ3v) is 3.86. The van der Waals surface area contributed by atoms with Gasteiger partial charge in [-0.05, 0) is 25.1 Å². The zero-order chi connectivity index (χ0) is 14.7. The van der Waals surface area contributed by atoms with Crippen molar-refractivity contribution in [2.24, 2.45) is 0 Å². The van der Waals surface area contributed by atoms with Crippen molar-refractivity contribution in [1.29, 1.82) is 0 Å². The van der Waals surface area contributed by atoms with Crippen LogP contribution in [0.3, 0.4) is 0 Å². The highest BCUT2D eigenvalue weighted by molar-refractivity contribution is 7.99. The van der Waals surface area contributed by atoms with Crippen LogP contribution in [0, 0.1) is 10.1 Å². The van der Waals surface area contributed by atoms with Gasteiger partial charge in [0.1, 0.15) is 0 Å². The van der Waals surface area contributed by atoms with Gasteiger partial charge in [-0.3, -0.25) is 14.9 Å². The zero-order valence-electron chi connectivity index (χ0n) is 10.7. The molecule has 102 valence electrons. The number of nitro groups is 1. The lowest BCUT2D eigenvalue weighted by Crippen LogP contribution is -1.98. The summed E-state index contributed by atoms with van der Waals surface area (Å²) in [5, 5.41) is 10.8. The number of anilines is 1. The van der Waals surface area contributed by atoms with Crippen molar-refractivity contribution in [2.45, 2.75) is 16.7 Å². The number of nitro benzene ring substituents is 1. The molecule has 2 rings (SSSR count). The third-order valence-electron chi connectivity index (χ3n) is 2.69. The molecule has 0 aromatic heterocycles. The summed E-state index contributed by atoms with van der Waals surface area (Å²) in [6.45, 7) is 1.39. The number of benzene rings is 2. The average Bonchev–Trinajstić information content (AvgIpc) is 2.41. The maximum Gasteiger partial charge on any atom is 0.270 e. The minimum Gasteiger partial charge on any atom is -0.398 e. The molecule has 2 aromatic rings. The Hall–Kier alpha value is -2.34. The van der Waals surface area contributed by atoms with E-state index in [0.29, 0.717) is 16.1 Å². The van der Waals surface area contributed by atoms with E-state index in [4.69, 9.17) is 5.73 Å². The second-order valence-corrected chi connectivity index (χ2v) is 5.22. The van der Waals surface area contributed by atoms with Gasteiger partial charge in [0.15, 0.2) is 5.78 Å². The van der Waals surface area contributed by atoms with E-state index in [1.807, 2.05) is 18.2 Å². The first kappa shape index (κ1) is 14.1. The van der Waals surface area contributed by atoms with Gasteiger partial charge in [-0.25, -0.2) is 0 Å². The van der Waals surface area contributed by atoms with E-state index in [1.165, 1.54) is 30.8 Å². The Morgan fingerprint density at radius 3 is 2.50 bits per heavy atom. The molecule has 0 radical (unpaired) electrons. The molecule has 0 aliphatic carbocycles. The van der Waals surface area contributed by atoms with Crippen LogP contribution in [-0.2, 0) is 0 Å². The summed E-state index contributed by atoms with van der Waals surface area (Å²) in [5.41, 5.74) is 6.69. The van der Waals surface area contributed by atoms with Crippen molar-refractivity contribution in [3.8, 4) is 0 Å². The van der Waals surface area contributed by atoms with Crippen molar-refractivity contribution in [3.05, 3.63) is 58.1 Å². The third kappa shape index (κ3) is 2.97. The monoisotopic (exact) mass is 288 g/mol. The SMILES string of the molecule is CC(=O)c1cc([N+](=O)[O-])ccc1Sc1ccccc1N. The minimum atomic E-state index is -0.516. The lowest BCUT2D eigenvalue weighted by Gasteiger charge is -2.08. The number of Topliss-reactive ketones (excluding diaryl/α,β-unsaturated/α-hetero) is 1. The van der Waals surface area contributed by atoms with E-state index in [2.05, 4.69) is 0 Å². The largest absolute Gasteiger partial charge is 0.398 e. The number of hydrogen-bond donors (Lipinski definition) is 1. The standard InChI is InChI=1S/C14H12N2O3S/c1-9(17)11-8-10(16(18)19)6-7-13(11)20-14-5-3-2-4-12(14)15/h2-8H,15H2,1H3. The molecule has 0 unspecified atom stereocenters. The molecular weight excluding hydrogens is 276 g/mol. The summed E-state index contributed by atoms with van der Waals surface area (Å²) in [4.78, 5) is 23.4. The van der Waals surface area contributed by atoms with Crippen molar-refractivity contribution in [3.63, 3.8) is 0 Å². The predicted molar refractivity (Wildman–Crippen MR) is 78.1 cm³/mol. The fourth-order valence-electron chi connectivity index (χ4n) is 1.69. The second-order valence-electron chi connectivity index (χ2n) is 4.13. The summed E-state index contributed by atoms with van der Waals surface area (Å²) in [6.07, 6.45) is 0. The highest BCUT2D eigenvalue weighted by Crippen LogP contribution is 2.35. The first-order valence-corrected chi connectivity index (χ1v) is 6.62. The maximum absolute atomic E-state index is 11.6. The Labute approximate surface area is 119 Å². The molecule has 0 aliphatic heterocycles. The molecule has 0 bridgehead atoms. The van der Waals surface area contributed by atoms with Crippen LogP contribution in [-0.4, -0.2) is 10.7 Å². The van der Waals surface area contributed by atoms with Crippen LogP contribution in [0.1, 0.15) is 17.3 Å². The summed E-state index contributed by atoms with van der Waals surface area (Å²) in [5.74, 6) is -0.217. The smallest absolute Gasteiger partial charge is 0.270 e. The number of carbonyl (C=O) groups excluding carboxylic acids is 1. The van der Waals surface area contributed by atoms with E-state index in [1.54, 1.807) is 12.1 Å². The number of non-ortho nitro benzene ring substituents is 1. The summed E-state index contributed by atoms with van der Waals surface area (Å²) < 4.78 is 0. The molecule has 0 heterocycles. The van der Waals surface area contributed by atoms with E-state index < -0.39 is 4.92 Å². The van der Waals surface area contributed by atoms with Gasteiger partial charge in [0.2, 0.25) is 0 Å². The number of ketones is 1.